The van der Waals surface area contributed by atoms with Crippen LogP contribution in [-0.4, -0.2) is 41.6 Å². The van der Waals surface area contributed by atoms with Crippen LogP contribution in [0, 0.1) is 0 Å². The first kappa shape index (κ1) is 57.3. The highest BCUT2D eigenvalue weighted by Crippen LogP contribution is 2.17. The van der Waals surface area contributed by atoms with Crippen LogP contribution in [0.1, 0.15) is 290 Å². The molecule has 0 bridgehead atoms. The van der Waals surface area contributed by atoms with E-state index >= 15 is 0 Å². The molecule has 6 heteroatoms. The Kier molecular flexibility index (Phi) is 46.0. The minimum atomic E-state index is -1.48. The van der Waals surface area contributed by atoms with E-state index in [-0.39, 0.29) is 31.2 Å². The number of ketones is 1. The fourth-order valence-corrected chi connectivity index (χ4v) is 7.96. The third kappa shape index (κ3) is 42.8. The summed E-state index contributed by atoms with van der Waals surface area (Å²) in [5, 5.41) is 11.0. The third-order valence-corrected chi connectivity index (χ3v) is 12.0. The molecule has 0 saturated carbocycles. The Bertz CT molecular complexity index is 931. The van der Waals surface area contributed by atoms with Crippen molar-refractivity contribution in [3.63, 3.8) is 0 Å². The van der Waals surface area contributed by atoms with Gasteiger partial charge in [0.15, 0.2) is 18.0 Å². The normalized spacial score (nSPS) is 12.6. The van der Waals surface area contributed by atoms with Crippen LogP contribution < -0.4 is 0 Å². The number of hydrogen-bond donors (Lipinski definition) is 1. The molecular formula is C53H100O6. The lowest BCUT2D eigenvalue weighted by Crippen LogP contribution is -2.41. The molecule has 1 N–H and O–H groups in total. The summed E-state index contributed by atoms with van der Waals surface area (Å²) in [7, 11) is 0. The number of esters is 2. The molecule has 0 fully saturated rings. The fourth-order valence-electron chi connectivity index (χ4n) is 7.96. The van der Waals surface area contributed by atoms with Crippen LogP contribution in [0.2, 0.25) is 0 Å². The SMILES string of the molecule is CCCCCCCC/C=C\CCCCCCCC(=O)OC(COC(=O)CCCCCCCCCCCCCCC)C(O)C(=O)CCCCCCCCCCCCCCC. The number of aliphatic hydroxyl groups excluding tert-OH is 1. The quantitative estimate of drug-likeness (QED) is 0.0373. The van der Waals surface area contributed by atoms with Gasteiger partial charge >= 0.3 is 11.9 Å². The molecule has 0 rings (SSSR count). The van der Waals surface area contributed by atoms with Crippen LogP contribution in [-0.2, 0) is 23.9 Å². The Morgan fingerprint density at radius 1 is 0.390 bits per heavy atom. The first-order valence-corrected chi connectivity index (χ1v) is 26.2. The summed E-state index contributed by atoms with van der Waals surface area (Å²) in [6.07, 6.45) is 50.1. The van der Waals surface area contributed by atoms with E-state index in [4.69, 9.17) is 9.47 Å². The van der Waals surface area contributed by atoms with Crippen molar-refractivity contribution in [1.82, 2.24) is 0 Å². The van der Waals surface area contributed by atoms with E-state index < -0.39 is 18.2 Å². The van der Waals surface area contributed by atoms with Crippen LogP contribution >= 0.6 is 0 Å². The molecular weight excluding hydrogens is 733 g/mol. The van der Waals surface area contributed by atoms with E-state index in [1.165, 1.54) is 173 Å². The summed E-state index contributed by atoms with van der Waals surface area (Å²) >= 11 is 0. The standard InChI is InChI=1S/C53H100O6/c1-4-7-10-13-16-19-22-25-26-29-32-35-38-41-44-47-52(56)59-50(48-58-51(55)46-43-40-37-34-31-28-24-21-18-15-12-9-6-3)53(57)49(54)45-42-39-36-33-30-27-23-20-17-14-11-8-5-2/h25-26,50,53,57H,4-24,27-48H2,1-3H3/b26-25-. The van der Waals surface area contributed by atoms with Crippen molar-refractivity contribution < 1.29 is 29.0 Å². The average molecular weight is 833 g/mol. The molecule has 348 valence electrons. The van der Waals surface area contributed by atoms with E-state index in [1.807, 2.05) is 0 Å². The molecule has 0 heterocycles. The Morgan fingerprint density at radius 3 is 1.03 bits per heavy atom. The fraction of sp³-hybridized carbons (Fsp3) is 0.906. The molecule has 2 atom stereocenters. The van der Waals surface area contributed by atoms with Crippen LogP contribution in [0.4, 0.5) is 0 Å². The number of rotatable bonds is 48. The number of Topliss-reactive ketones (excluding diaryl/α,β-unsaturated/α-hetero) is 1. The van der Waals surface area contributed by atoms with Gasteiger partial charge in [0.1, 0.15) is 6.61 Å². The lowest BCUT2D eigenvalue weighted by Gasteiger charge is -2.22. The molecule has 0 saturated heterocycles. The molecule has 6 nitrogen and oxygen atoms in total. The van der Waals surface area contributed by atoms with Crippen molar-refractivity contribution in [2.75, 3.05) is 6.61 Å². The van der Waals surface area contributed by atoms with Gasteiger partial charge in [-0.2, -0.15) is 0 Å². The summed E-state index contributed by atoms with van der Waals surface area (Å²) in [4.78, 5) is 38.5. The van der Waals surface area contributed by atoms with E-state index in [9.17, 15) is 19.5 Å². The maximum absolute atomic E-state index is 13.0. The number of carbonyl (C=O) groups excluding carboxylic acids is 3. The molecule has 2 unspecified atom stereocenters. The number of allylic oxidation sites excluding steroid dienone is 2. The first-order chi connectivity index (χ1) is 29.0. The maximum atomic E-state index is 13.0. The van der Waals surface area contributed by atoms with Crippen molar-refractivity contribution in [3.05, 3.63) is 12.2 Å². The first-order valence-electron chi connectivity index (χ1n) is 26.2. The van der Waals surface area contributed by atoms with Gasteiger partial charge in [-0.3, -0.25) is 14.4 Å². The van der Waals surface area contributed by atoms with Gasteiger partial charge in [0.2, 0.25) is 0 Å². The van der Waals surface area contributed by atoms with Gasteiger partial charge in [-0.25, -0.2) is 0 Å². The summed E-state index contributed by atoms with van der Waals surface area (Å²) < 4.78 is 11.2. The van der Waals surface area contributed by atoms with Gasteiger partial charge in [-0.15, -0.1) is 0 Å². The highest BCUT2D eigenvalue weighted by atomic mass is 16.6. The number of unbranched alkanes of at least 4 members (excludes halogenated alkanes) is 35. The minimum absolute atomic E-state index is 0.237. The van der Waals surface area contributed by atoms with E-state index in [0.29, 0.717) is 19.3 Å². The largest absolute Gasteiger partial charge is 0.462 e. The zero-order valence-corrected chi connectivity index (χ0v) is 39.7. The summed E-state index contributed by atoms with van der Waals surface area (Å²) in [6, 6.07) is 0. The topological polar surface area (TPSA) is 89.9 Å². The molecule has 0 aromatic carbocycles. The Labute approximate surface area is 367 Å². The molecule has 0 aromatic heterocycles. The van der Waals surface area contributed by atoms with Gasteiger partial charge in [0, 0.05) is 19.3 Å². The monoisotopic (exact) mass is 833 g/mol. The van der Waals surface area contributed by atoms with Crippen LogP contribution in [0.3, 0.4) is 0 Å². The number of hydrogen-bond acceptors (Lipinski definition) is 6. The molecule has 0 spiro atoms. The lowest BCUT2D eigenvalue weighted by atomic mass is 10.0. The van der Waals surface area contributed by atoms with Crippen LogP contribution in [0.15, 0.2) is 12.2 Å². The summed E-state index contributed by atoms with van der Waals surface area (Å²) in [5.41, 5.74) is 0. The summed E-state index contributed by atoms with van der Waals surface area (Å²) in [5.74, 6) is -1.13. The van der Waals surface area contributed by atoms with Gasteiger partial charge < -0.3 is 14.6 Å². The second-order valence-electron chi connectivity index (χ2n) is 17.9. The second-order valence-corrected chi connectivity index (χ2v) is 17.9. The van der Waals surface area contributed by atoms with E-state index in [2.05, 4.69) is 32.9 Å². The van der Waals surface area contributed by atoms with Crippen molar-refractivity contribution >= 4 is 17.7 Å². The highest BCUT2D eigenvalue weighted by Gasteiger charge is 2.30. The van der Waals surface area contributed by atoms with Crippen molar-refractivity contribution in [2.24, 2.45) is 0 Å². The van der Waals surface area contributed by atoms with Crippen molar-refractivity contribution in [3.8, 4) is 0 Å². The van der Waals surface area contributed by atoms with Gasteiger partial charge in [-0.1, -0.05) is 238 Å². The van der Waals surface area contributed by atoms with Crippen LogP contribution in [0.25, 0.3) is 0 Å². The van der Waals surface area contributed by atoms with Crippen molar-refractivity contribution in [2.45, 2.75) is 303 Å². The lowest BCUT2D eigenvalue weighted by molar-refractivity contribution is -0.168. The minimum Gasteiger partial charge on any atom is -0.462 e. The zero-order valence-electron chi connectivity index (χ0n) is 39.7. The highest BCUT2D eigenvalue weighted by molar-refractivity contribution is 5.84. The smallest absolute Gasteiger partial charge is 0.306 e. The van der Waals surface area contributed by atoms with Gasteiger partial charge in [0.25, 0.3) is 0 Å². The number of aliphatic hydroxyl groups is 1. The molecule has 0 aliphatic carbocycles. The van der Waals surface area contributed by atoms with E-state index in [1.54, 1.807) is 0 Å². The predicted molar refractivity (Wildman–Crippen MR) is 252 cm³/mol. The summed E-state index contributed by atoms with van der Waals surface area (Å²) in [6.45, 7) is 6.50. The third-order valence-electron chi connectivity index (χ3n) is 12.0. The molecule has 0 amide bonds. The Balaban J connectivity index is 4.48. The second kappa shape index (κ2) is 47.4. The Morgan fingerprint density at radius 2 is 0.678 bits per heavy atom. The molecule has 59 heavy (non-hydrogen) atoms. The van der Waals surface area contributed by atoms with Crippen molar-refractivity contribution in [1.29, 1.82) is 0 Å². The number of ether oxygens (including phenoxy) is 2. The number of carbonyl (C=O) groups is 3. The molecule has 0 aromatic rings. The predicted octanol–water partition coefficient (Wildman–Crippen LogP) is 16.4. The molecule has 0 aliphatic heterocycles. The Hall–Kier alpha value is -1.69. The molecule has 0 radical (unpaired) electrons. The van der Waals surface area contributed by atoms with Gasteiger partial charge in [-0.05, 0) is 44.9 Å². The van der Waals surface area contributed by atoms with E-state index in [0.717, 1.165) is 64.2 Å². The molecule has 0 aliphatic rings. The van der Waals surface area contributed by atoms with Gasteiger partial charge in [0.05, 0.1) is 0 Å². The van der Waals surface area contributed by atoms with Crippen LogP contribution in [0.5, 0.6) is 0 Å². The average Bonchev–Trinajstić information content (AvgIpc) is 3.23. The zero-order chi connectivity index (χ0) is 43.1. The maximum Gasteiger partial charge on any atom is 0.306 e.